The van der Waals surface area contributed by atoms with Gasteiger partial charge in [0.1, 0.15) is 18.1 Å². The smallest absolute Gasteiger partial charge is 0.455 e. The first-order valence-electron chi connectivity index (χ1n) is 22.3. The van der Waals surface area contributed by atoms with Crippen LogP contribution in [-0.2, 0) is 31.8 Å². The summed E-state index contributed by atoms with van der Waals surface area (Å²) in [6, 6.07) is 35.1. The fourth-order valence-electron chi connectivity index (χ4n) is 10.8. The maximum atomic E-state index is 14.8. The van der Waals surface area contributed by atoms with Gasteiger partial charge in [-0.3, -0.25) is 19.4 Å². The number of nitrogens with zero attached hydrogens (tertiary/aromatic N) is 2. The van der Waals surface area contributed by atoms with Gasteiger partial charge in [0, 0.05) is 25.7 Å². The molecule has 3 aromatic carbocycles. The number of aliphatic hydroxyl groups excluding tert-OH is 1. The minimum absolute atomic E-state index is 0.0760. The Morgan fingerprint density at radius 3 is 2.11 bits per heavy atom. The molecule has 3 aliphatic heterocycles. The number of rotatable bonds is 14. The molecule has 4 atom stereocenters. The van der Waals surface area contributed by atoms with Crippen LogP contribution in [0.15, 0.2) is 124 Å². The van der Waals surface area contributed by atoms with Crippen molar-refractivity contribution in [2.24, 2.45) is 17.8 Å². The number of benzene rings is 3. The molecule has 0 saturated carbocycles. The molecule has 0 bridgehead atoms. The van der Waals surface area contributed by atoms with Crippen LogP contribution in [-0.4, -0.2) is 79.0 Å². The molecule has 9 nitrogen and oxygen atoms in total. The van der Waals surface area contributed by atoms with Crippen molar-refractivity contribution in [2.75, 3.05) is 19.7 Å². The van der Waals surface area contributed by atoms with Crippen LogP contribution in [0.25, 0.3) is 6.08 Å². The lowest BCUT2D eigenvalue weighted by atomic mass is 9.58. The largest absolute Gasteiger partial charge is 0.459 e. The first-order chi connectivity index (χ1) is 29.5. The number of allylic oxidation sites excluding steroid dienone is 1. The molecule has 4 aliphatic rings. The lowest BCUT2D eigenvalue weighted by Crippen LogP contribution is -2.66. The number of imide groups is 1. The van der Waals surface area contributed by atoms with Crippen LogP contribution < -0.4 is 10.4 Å². The number of likely N-dealkylation sites (tertiary alicyclic amines) is 2. The summed E-state index contributed by atoms with van der Waals surface area (Å²) < 4.78 is 19.9. The second-order valence-electron chi connectivity index (χ2n) is 18.5. The maximum absolute atomic E-state index is 14.8. The third kappa shape index (κ3) is 8.83. The van der Waals surface area contributed by atoms with Crippen molar-refractivity contribution in [3.8, 4) is 0 Å². The number of amides is 2. The monoisotopic (exact) mass is 840 g/mol. The van der Waals surface area contributed by atoms with Crippen LogP contribution in [0.1, 0.15) is 83.3 Å². The van der Waals surface area contributed by atoms with E-state index >= 15 is 0 Å². The molecule has 11 heteroatoms. The maximum Gasteiger partial charge on any atom is 0.455 e. The first kappa shape index (κ1) is 43.3. The third-order valence-electron chi connectivity index (χ3n) is 13.8. The number of hydrogen-bond acceptors (Lipinski definition) is 8. The number of carbonyl (C=O) groups excluding carboxylic acids is 2. The quantitative estimate of drug-likeness (QED) is 0.0769. The molecule has 2 amide bonds. The highest BCUT2D eigenvalue weighted by Gasteiger charge is 2.59. The normalized spacial score (nSPS) is 23.1. The zero-order chi connectivity index (χ0) is 42.7. The van der Waals surface area contributed by atoms with Crippen LogP contribution in [0.5, 0.6) is 0 Å². The fraction of sp³-hybridized carbons (Fsp3) is 0.440. The van der Waals surface area contributed by atoms with Crippen molar-refractivity contribution in [3.05, 3.63) is 137 Å². The lowest BCUT2D eigenvalue weighted by Gasteiger charge is -2.46. The van der Waals surface area contributed by atoms with Crippen molar-refractivity contribution in [2.45, 2.75) is 103 Å². The molecule has 3 fully saturated rings. The topological polar surface area (TPSA) is 113 Å². The van der Waals surface area contributed by atoms with Gasteiger partial charge in [0.2, 0.25) is 11.8 Å². The number of piperidine rings is 1. The molecule has 4 heterocycles. The van der Waals surface area contributed by atoms with Gasteiger partial charge in [-0.1, -0.05) is 124 Å². The van der Waals surface area contributed by atoms with Crippen molar-refractivity contribution >= 4 is 43.7 Å². The molecule has 0 unspecified atom stereocenters. The van der Waals surface area contributed by atoms with Crippen LogP contribution in [0.2, 0.25) is 11.4 Å². The summed E-state index contributed by atoms with van der Waals surface area (Å²) >= 11 is 0. The Labute approximate surface area is 362 Å². The predicted octanol–water partition coefficient (Wildman–Crippen LogP) is 7.38. The second-order valence-corrected chi connectivity index (χ2v) is 22.8. The minimum atomic E-state index is -2.98. The molecule has 61 heavy (non-hydrogen) atoms. The summed E-state index contributed by atoms with van der Waals surface area (Å²) in [6.07, 6.45) is 5.77. The van der Waals surface area contributed by atoms with Crippen LogP contribution in [0.3, 0.4) is 0 Å². The molecular formula is C50H61BN2O7Si. The Morgan fingerprint density at radius 2 is 1.52 bits per heavy atom. The highest BCUT2D eigenvalue weighted by atomic mass is 28.4. The number of furan rings is 1. The standard InChI is InChI=1S/C50H61BN2O7Si/c1-5-35(29-39-22-23-40(33-54)59-39)21-24-45-46-37(34-58-61(50(2,3)4,41-17-11-7-12-18-41)42-19-13-8-14-20-42)30-43-47(44(46)31-51(57)60-45)49(56)53(48(43)55)38-25-27-52(28-26-38)32-36-15-9-6-10-16-36/h6-20,22-23,29,38,43-45,47,54,57H,5,21,24-28,30-34H2,1-4H3/b35-29+/t43-,44+,45-,47-/m1/s1. The van der Waals surface area contributed by atoms with Gasteiger partial charge in [-0.25, -0.2) is 0 Å². The van der Waals surface area contributed by atoms with Gasteiger partial charge >= 0.3 is 7.12 Å². The number of fused-ring (bicyclic) bond motifs is 3. The van der Waals surface area contributed by atoms with E-state index < -0.39 is 33.4 Å². The third-order valence-corrected chi connectivity index (χ3v) is 18.7. The van der Waals surface area contributed by atoms with Crippen LogP contribution >= 0.6 is 0 Å². The Kier molecular flexibility index (Phi) is 13.2. The van der Waals surface area contributed by atoms with E-state index in [1.54, 1.807) is 11.0 Å². The summed E-state index contributed by atoms with van der Waals surface area (Å²) in [7, 11) is -4.05. The van der Waals surface area contributed by atoms with E-state index in [9.17, 15) is 19.7 Å². The average molecular weight is 841 g/mol. The number of carbonyl (C=O) groups is 2. The van der Waals surface area contributed by atoms with Gasteiger partial charge in [-0.2, -0.15) is 0 Å². The summed E-state index contributed by atoms with van der Waals surface area (Å²) in [5.41, 5.74) is 4.46. The molecular weight excluding hydrogens is 779 g/mol. The molecule has 320 valence electrons. The van der Waals surface area contributed by atoms with Gasteiger partial charge in [0.25, 0.3) is 8.32 Å². The number of hydrogen-bond donors (Lipinski definition) is 2. The fourth-order valence-corrected chi connectivity index (χ4v) is 15.4. The van der Waals surface area contributed by atoms with Crippen LogP contribution in [0, 0.1) is 17.8 Å². The molecule has 0 radical (unpaired) electrons. The van der Waals surface area contributed by atoms with Crippen molar-refractivity contribution < 1.29 is 33.2 Å². The highest BCUT2D eigenvalue weighted by Crippen LogP contribution is 2.52. The Morgan fingerprint density at radius 1 is 0.885 bits per heavy atom. The van der Waals surface area contributed by atoms with E-state index in [2.05, 4.69) is 105 Å². The van der Waals surface area contributed by atoms with E-state index in [4.69, 9.17) is 13.5 Å². The van der Waals surface area contributed by atoms with E-state index in [0.717, 1.165) is 55.6 Å². The zero-order valence-corrected chi connectivity index (χ0v) is 37.2. The van der Waals surface area contributed by atoms with Gasteiger partial charge in [0.15, 0.2) is 0 Å². The molecule has 2 N–H and O–H groups in total. The predicted molar refractivity (Wildman–Crippen MR) is 242 cm³/mol. The van der Waals surface area contributed by atoms with E-state index in [-0.39, 0.29) is 41.7 Å². The van der Waals surface area contributed by atoms with Crippen molar-refractivity contribution in [1.29, 1.82) is 0 Å². The van der Waals surface area contributed by atoms with Gasteiger partial charge in [-0.05, 0) is 101 Å². The van der Waals surface area contributed by atoms with Crippen molar-refractivity contribution in [1.82, 2.24) is 9.80 Å². The molecule has 3 saturated heterocycles. The summed E-state index contributed by atoms with van der Waals surface area (Å²) in [6.45, 7) is 11.5. The van der Waals surface area contributed by atoms with Crippen LogP contribution in [0.4, 0.5) is 0 Å². The molecule has 1 aliphatic carbocycles. The molecule has 0 spiro atoms. The molecule has 4 aromatic rings. The average Bonchev–Trinajstić information content (AvgIpc) is 3.83. The molecule has 1 aromatic heterocycles. The first-order valence-corrected chi connectivity index (χ1v) is 24.2. The minimum Gasteiger partial charge on any atom is -0.459 e. The van der Waals surface area contributed by atoms with Gasteiger partial charge < -0.3 is 23.6 Å². The van der Waals surface area contributed by atoms with Gasteiger partial charge in [0.05, 0.1) is 24.5 Å². The number of aliphatic hydroxyl groups is 1. The van der Waals surface area contributed by atoms with Crippen molar-refractivity contribution in [3.63, 3.8) is 0 Å². The molecule has 8 rings (SSSR count). The van der Waals surface area contributed by atoms with E-state index in [0.29, 0.717) is 37.4 Å². The van der Waals surface area contributed by atoms with E-state index in [1.807, 2.05) is 30.3 Å². The Bertz CT molecular complexity index is 2160. The van der Waals surface area contributed by atoms with Gasteiger partial charge in [-0.15, -0.1) is 0 Å². The SMILES string of the molecule is CC/C(=C\c1ccc(CO)o1)CC[C@H]1OB(O)C[C@H]2C1=C(CO[Si](c1ccccc1)(c1ccccc1)C(C)(C)C)C[C@H]1C(=O)N(C3CCN(Cc4ccccc4)CC3)C(=O)[C@H]12. The lowest BCUT2D eigenvalue weighted by molar-refractivity contribution is -0.144. The summed E-state index contributed by atoms with van der Waals surface area (Å²) in [5.74, 6) is -0.391. The Balaban J connectivity index is 1.13. The van der Waals surface area contributed by atoms with E-state index in [1.165, 1.54) is 15.9 Å². The summed E-state index contributed by atoms with van der Waals surface area (Å²) in [4.78, 5) is 33.7. The zero-order valence-electron chi connectivity index (χ0n) is 36.2. The highest BCUT2D eigenvalue weighted by molar-refractivity contribution is 6.99. The second kappa shape index (κ2) is 18.5. The summed E-state index contributed by atoms with van der Waals surface area (Å²) in [5, 5.41) is 23.1. The Hall–Kier alpha value is -4.36.